The van der Waals surface area contributed by atoms with Gasteiger partial charge >= 0.3 is 0 Å². The van der Waals surface area contributed by atoms with Gasteiger partial charge in [0.05, 0.1) is 6.10 Å². The molecule has 3 rings (SSSR count). The number of halogens is 2. The van der Waals surface area contributed by atoms with Gasteiger partial charge in [-0.1, -0.05) is 64.5 Å². The summed E-state index contributed by atoms with van der Waals surface area (Å²) in [5.41, 5.74) is 2.31. The van der Waals surface area contributed by atoms with Crippen molar-refractivity contribution < 1.29 is 14.2 Å². The zero-order valence-electron chi connectivity index (χ0n) is 14.7. The van der Waals surface area contributed by atoms with Crippen LogP contribution in [0.25, 0.3) is 0 Å². The number of rotatable bonds is 8. The monoisotopic (exact) mass is 429 g/mol. The van der Waals surface area contributed by atoms with Gasteiger partial charge in [-0.2, -0.15) is 0 Å². The molecule has 0 spiro atoms. The van der Waals surface area contributed by atoms with Crippen LogP contribution in [0.15, 0.2) is 77.3 Å². The molecule has 5 heteroatoms. The van der Waals surface area contributed by atoms with Gasteiger partial charge in [-0.05, 0) is 29.8 Å². The molecular weight excluding hydrogens is 409 g/mol. The van der Waals surface area contributed by atoms with Gasteiger partial charge < -0.3 is 15.2 Å². The molecule has 1 atom stereocenters. The topological polar surface area (TPSA) is 41.5 Å². The van der Waals surface area contributed by atoms with E-state index < -0.39 is 6.10 Å². The van der Waals surface area contributed by atoms with Gasteiger partial charge in [-0.25, -0.2) is 4.39 Å². The van der Waals surface area contributed by atoms with Crippen LogP contribution in [0.2, 0.25) is 0 Å². The van der Waals surface area contributed by atoms with E-state index in [1.54, 1.807) is 18.2 Å². The van der Waals surface area contributed by atoms with Crippen LogP contribution in [-0.4, -0.2) is 11.7 Å². The maximum atomic E-state index is 13.8. The largest absolute Gasteiger partial charge is 0.488 e. The third kappa shape index (κ3) is 5.63. The fourth-order valence-corrected chi connectivity index (χ4v) is 3.14. The predicted octanol–water partition coefficient (Wildman–Crippen LogP) is 4.99. The minimum absolute atomic E-state index is 0.161. The lowest BCUT2D eigenvalue weighted by atomic mass is 10.1. The lowest BCUT2D eigenvalue weighted by Crippen LogP contribution is -2.21. The fraction of sp³-hybridized carbons (Fsp3) is 0.182. The van der Waals surface area contributed by atoms with Gasteiger partial charge in [-0.15, -0.1) is 0 Å². The van der Waals surface area contributed by atoms with E-state index >= 15 is 0 Å². The standard InChI is InChI=1S/C22H21BrFNO2/c23-19-10-11-22(27-15-17-8-4-5-9-20(17)24)18(12-19)13-25-14-21(26)16-6-2-1-3-7-16/h1-12,21,25-26H,13-15H2. The lowest BCUT2D eigenvalue weighted by molar-refractivity contribution is 0.174. The van der Waals surface area contributed by atoms with Crippen molar-refractivity contribution in [2.24, 2.45) is 0 Å². The molecule has 1 unspecified atom stereocenters. The van der Waals surface area contributed by atoms with Crippen molar-refractivity contribution in [3.8, 4) is 5.75 Å². The van der Waals surface area contributed by atoms with Crippen LogP contribution in [0.3, 0.4) is 0 Å². The molecule has 140 valence electrons. The molecule has 0 radical (unpaired) electrons. The van der Waals surface area contributed by atoms with E-state index in [2.05, 4.69) is 21.2 Å². The number of hydrogen-bond donors (Lipinski definition) is 2. The SMILES string of the molecule is OC(CNCc1cc(Br)ccc1OCc1ccccc1F)c1ccccc1. The molecule has 0 saturated heterocycles. The molecule has 2 N–H and O–H groups in total. The zero-order valence-corrected chi connectivity index (χ0v) is 16.3. The van der Waals surface area contributed by atoms with E-state index in [9.17, 15) is 9.50 Å². The molecule has 3 aromatic rings. The summed E-state index contributed by atoms with van der Waals surface area (Å²) in [6.45, 7) is 1.10. The van der Waals surface area contributed by atoms with Crippen LogP contribution in [-0.2, 0) is 13.2 Å². The Morgan fingerprint density at radius 3 is 2.48 bits per heavy atom. The molecule has 3 nitrogen and oxygen atoms in total. The molecule has 0 bridgehead atoms. The van der Waals surface area contributed by atoms with Gasteiger partial charge in [0, 0.05) is 28.7 Å². The summed E-state index contributed by atoms with van der Waals surface area (Å²) in [7, 11) is 0. The van der Waals surface area contributed by atoms with Crippen LogP contribution < -0.4 is 10.1 Å². The highest BCUT2D eigenvalue weighted by Crippen LogP contribution is 2.25. The Balaban J connectivity index is 1.61. The number of nitrogens with one attached hydrogen (secondary N) is 1. The van der Waals surface area contributed by atoms with Crippen LogP contribution >= 0.6 is 15.9 Å². The molecule has 0 amide bonds. The average Bonchev–Trinajstić information content (AvgIpc) is 2.69. The Hall–Kier alpha value is -2.21. The van der Waals surface area contributed by atoms with Gasteiger partial charge in [0.2, 0.25) is 0 Å². The summed E-state index contributed by atoms with van der Waals surface area (Å²) >= 11 is 3.47. The lowest BCUT2D eigenvalue weighted by Gasteiger charge is -2.15. The van der Waals surface area contributed by atoms with Crippen molar-refractivity contribution in [3.63, 3.8) is 0 Å². The minimum Gasteiger partial charge on any atom is -0.488 e. The predicted molar refractivity (Wildman–Crippen MR) is 108 cm³/mol. The summed E-state index contributed by atoms with van der Waals surface area (Å²) in [5, 5.41) is 13.5. The second kappa shape index (κ2) is 9.65. The first-order valence-electron chi connectivity index (χ1n) is 8.72. The van der Waals surface area contributed by atoms with E-state index in [0.29, 0.717) is 24.4 Å². The first kappa shape index (κ1) is 19.5. The van der Waals surface area contributed by atoms with Crippen molar-refractivity contribution in [3.05, 3.63) is 99.8 Å². The van der Waals surface area contributed by atoms with Crippen molar-refractivity contribution >= 4 is 15.9 Å². The van der Waals surface area contributed by atoms with Gasteiger partial charge in [0.25, 0.3) is 0 Å². The maximum Gasteiger partial charge on any atom is 0.129 e. The second-order valence-corrected chi connectivity index (χ2v) is 7.11. The molecule has 27 heavy (non-hydrogen) atoms. The quantitative estimate of drug-likeness (QED) is 0.529. The Morgan fingerprint density at radius 1 is 0.963 bits per heavy atom. The van der Waals surface area contributed by atoms with Crippen molar-refractivity contribution in [2.75, 3.05) is 6.54 Å². The fourth-order valence-electron chi connectivity index (χ4n) is 2.73. The van der Waals surface area contributed by atoms with Gasteiger partial charge in [0.1, 0.15) is 18.2 Å². The number of aliphatic hydroxyl groups is 1. The first-order valence-corrected chi connectivity index (χ1v) is 9.51. The Kier molecular flexibility index (Phi) is 6.98. The minimum atomic E-state index is -0.582. The van der Waals surface area contributed by atoms with Crippen molar-refractivity contribution in [1.29, 1.82) is 0 Å². The van der Waals surface area contributed by atoms with Crippen molar-refractivity contribution in [2.45, 2.75) is 19.3 Å². The Bertz CT molecular complexity index is 873. The highest BCUT2D eigenvalue weighted by atomic mass is 79.9. The van der Waals surface area contributed by atoms with E-state index in [1.807, 2.05) is 48.5 Å². The molecule has 0 aliphatic heterocycles. The highest BCUT2D eigenvalue weighted by Gasteiger charge is 2.10. The van der Waals surface area contributed by atoms with Gasteiger partial charge in [0.15, 0.2) is 0 Å². The van der Waals surface area contributed by atoms with Crippen LogP contribution in [0.4, 0.5) is 4.39 Å². The number of aliphatic hydroxyl groups excluding tert-OH is 1. The normalized spacial score (nSPS) is 12.0. The number of ether oxygens (including phenoxy) is 1. The third-order valence-electron chi connectivity index (χ3n) is 4.20. The number of hydrogen-bond acceptors (Lipinski definition) is 3. The molecule has 0 aliphatic rings. The summed E-state index contributed by atoms with van der Waals surface area (Å²) < 4.78 is 20.6. The van der Waals surface area contributed by atoms with E-state index in [0.717, 1.165) is 15.6 Å². The average molecular weight is 430 g/mol. The van der Waals surface area contributed by atoms with Crippen LogP contribution in [0, 0.1) is 5.82 Å². The highest BCUT2D eigenvalue weighted by molar-refractivity contribution is 9.10. The summed E-state index contributed by atoms with van der Waals surface area (Å²) in [6.07, 6.45) is -0.582. The zero-order chi connectivity index (χ0) is 19.1. The third-order valence-corrected chi connectivity index (χ3v) is 4.69. The van der Waals surface area contributed by atoms with Crippen LogP contribution in [0.1, 0.15) is 22.8 Å². The Morgan fingerprint density at radius 2 is 1.70 bits per heavy atom. The first-order chi connectivity index (χ1) is 13.1. The van der Waals surface area contributed by atoms with E-state index in [4.69, 9.17) is 4.74 Å². The molecular formula is C22H21BrFNO2. The number of benzene rings is 3. The summed E-state index contributed by atoms with van der Waals surface area (Å²) in [5.74, 6) is 0.406. The summed E-state index contributed by atoms with van der Waals surface area (Å²) in [6, 6.07) is 21.8. The van der Waals surface area contributed by atoms with Gasteiger partial charge in [-0.3, -0.25) is 0 Å². The molecule has 0 aliphatic carbocycles. The maximum absolute atomic E-state index is 13.8. The smallest absolute Gasteiger partial charge is 0.129 e. The molecule has 0 aromatic heterocycles. The van der Waals surface area contributed by atoms with Crippen LogP contribution in [0.5, 0.6) is 5.75 Å². The van der Waals surface area contributed by atoms with Crippen molar-refractivity contribution in [1.82, 2.24) is 5.32 Å². The Labute approximate surface area is 166 Å². The molecule has 0 heterocycles. The molecule has 3 aromatic carbocycles. The molecule has 0 saturated carbocycles. The van der Waals surface area contributed by atoms with E-state index in [-0.39, 0.29) is 12.4 Å². The van der Waals surface area contributed by atoms with E-state index in [1.165, 1.54) is 6.07 Å². The summed E-state index contributed by atoms with van der Waals surface area (Å²) in [4.78, 5) is 0. The molecule has 0 fully saturated rings. The second-order valence-electron chi connectivity index (χ2n) is 6.19.